The van der Waals surface area contributed by atoms with Crippen molar-refractivity contribution < 1.29 is 4.74 Å². The van der Waals surface area contributed by atoms with Crippen LogP contribution in [0.2, 0.25) is 0 Å². The Hall–Kier alpha value is -0.770. The molecule has 3 N–H and O–H groups in total. The number of nitrogens with one attached hydrogen (secondary N) is 1. The number of ether oxygens (including phenoxy) is 1. The standard InChI is InChI=1S/C9H21N3O/c1-8(2)7-12-9(10)11-5-4-6-13-3/h8H,4-7H2,1-3H3,(H3,10,11,12). The molecule has 13 heavy (non-hydrogen) atoms. The van der Waals surface area contributed by atoms with E-state index in [0.717, 1.165) is 26.1 Å². The number of nitrogens with two attached hydrogens (primary N) is 1. The summed E-state index contributed by atoms with van der Waals surface area (Å²) < 4.78 is 4.90. The predicted molar refractivity (Wildman–Crippen MR) is 55.8 cm³/mol. The fraction of sp³-hybridized carbons (Fsp3) is 0.889. The second kappa shape index (κ2) is 7.86. The van der Waals surface area contributed by atoms with E-state index in [1.54, 1.807) is 7.11 Å². The summed E-state index contributed by atoms with van der Waals surface area (Å²) in [5.41, 5.74) is 5.60. The van der Waals surface area contributed by atoms with Crippen molar-refractivity contribution >= 4 is 5.96 Å². The van der Waals surface area contributed by atoms with Crippen molar-refractivity contribution in [1.82, 2.24) is 5.32 Å². The zero-order chi connectivity index (χ0) is 10.1. The molecule has 4 heteroatoms. The molecule has 0 atom stereocenters. The van der Waals surface area contributed by atoms with Gasteiger partial charge in [-0.3, -0.25) is 4.99 Å². The van der Waals surface area contributed by atoms with Gasteiger partial charge in [0.05, 0.1) is 0 Å². The van der Waals surface area contributed by atoms with Gasteiger partial charge in [-0.15, -0.1) is 0 Å². The fourth-order valence-corrected chi connectivity index (χ4v) is 0.770. The molecule has 0 saturated heterocycles. The lowest BCUT2D eigenvalue weighted by molar-refractivity contribution is 0.195. The zero-order valence-electron chi connectivity index (χ0n) is 8.84. The molecule has 0 aliphatic carbocycles. The van der Waals surface area contributed by atoms with Crippen LogP contribution in [0.25, 0.3) is 0 Å². The summed E-state index contributed by atoms with van der Waals surface area (Å²) in [6, 6.07) is 0. The van der Waals surface area contributed by atoms with Gasteiger partial charge in [-0.05, 0) is 12.3 Å². The van der Waals surface area contributed by atoms with Crippen molar-refractivity contribution in [3.8, 4) is 0 Å². The van der Waals surface area contributed by atoms with E-state index in [9.17, 15) is 0 Å². The van der Waals surface area contributed by atoms with Gasteiger partial charge in [-0.25, -0.2) is 0 Å². The van der Waals surface area contributed by atoms with Crippen LogP contribution in [-0.4, -0.2) is 32.8 Å². The number of hydrogen-bond donors (Lipinski definition) is 2. The first-order valence-corrected chi connectivity index (χ1v) is 4.69. The van der Waals surface area contributed by atoms with Gasteiger partial charge in [0.1, 0.15) is 0 Å². The number of nitrogens with zero attached hydrogens (tertiary/aromatic N) is 1. The summed E-state index contributed by atoms with van der Waals surface area (Å²) in [4.78, 5) is 4.16. The summed E-state index contributed by atoms with van der Waals surface area (Å²) in [5.74, 6) is 1.09. The highest BCUT2D eigenvalue weighted by molar-refractivity contribution is 5.77. The van der Waals surface area contributed by atoms with E-state index in [-0.39, 0.29) is 0 Å². The van der Waals surface area contributed by atoms with Crippen LogP contribution in [0.3, 0.4) is 0 Å². The third-order valence-electron chi connectivity index (χ3n) is 1.46. The van der Waals surface area contributed by atoms with Crippen molar-refractivity contribution in [3.05, 3.63) is 0 Å². The summed E-state index contributed by atoms with van der Waals surface area (Å²) in [7, 11) is 1.69. The molecule has 0 radical (unpaired) electrons. The van der Waals surface area contributed by atoms with Gasteiger partial charge >= 0.3 is 0 Å². The highest BCUT2D eigenvalue weighted by Gasteiger charge is 1.93. The van der Waals surface area contributed by atoms with Crippen LogP contribution >= 0.6 is 0 Å². The Kier molecular flexibility index (Phi) is 7.39. The number of aliphatic imine (C=N–C) groups is 1. The average Bonchev–Trinajstić information content (AvgIpc) is 2.09. The minimum absolute atomic E-state index is 0.532. The summed E-state index contributed by atoms with van der Waals surface area (Å²) >= 11 is 0. The Balaban J connectivity index is 3.38. The highest BCUT2D eigenvalue weighted by Crippen LogP contribution is 1.90. The quantitative estimate of drug-likeness (QED) is 0.363. The van der Waals surface area contributed by atoms with E-state index in [1.807, 2.05) is 0 Å². The van der Waals surface area contributed by atoms with Crippen LogP contribution in [0, 0.1) is 5.92 Å². The van der Waals surface area contributed by atoms with Crippen molar-refractivity contribution in [1.29, 1.82) is 0 Å². The molecule has 0 aliphatic heterocycles. The van der Waals surface area contributed by atoms with Crippen molar-refractivity contribution in [2.75, 3.05) is 26.8 Å². The Morgan fingerprint density at radius 2 is 2.23 bits per heavy atom. The van der Waals surface area contributed by atoms with Crippen molar-refractivity contribution in [2.24, 2.45) is 16.6 Å². The highest BCUT2D eigenvalue weighted by atomic mass is 16.5. The molecule has 0 aliphatic rings. The lowest BCUT2D eigenvalue weighted by Crippen LogP contribution is -2.33. The lowest BCUT2D eigenvalue weighted by Gasteiger charge is -2.05. The van der Waals surface area contributed by atoms with Crippen molar-refractivity contribution in [3.63, 3.8) is 0 Å². The van der Waals surface area contributed by atoms with E-state index in [4.69, 9.17) is 10.5 Å². The molecule has 78 valence electrons. The van der Waals surface area contributed by atoms with Crippen molar-refractivity contribution in [2.45, 2.75) is 20.3 Å². The zero-order valence-corrected chi connectivity index (χ0v) is 8.84. The third-order valence-corrected chi connectivity index (χ3v) is 1.46. The Bertz CT molecular complexity index is 146. The van der Waals surface area contributed by atoms with Crippen LogP contribution in [0.15, 0.2) is 4.99 Å². The smallest absolute Gasteiger partial charge is 0.188 e. The van der Waals surface area contributed by atoms with E-state index in [0.29, 0.717) is 11.9 Å². The third kappa shape index (κ3) is 9.14. The minimum atomic E-state index is 0.532. The number of rotatable bonds is 6. The topological polar surface area (TPSA) is 59.6 Å². The first-order chi connectivity index (χ1) is 6.16. The number of guanidine groups is 1. The number of methoxy groups -OCH3 is 1. The second-order valence-electron chi connectivity index (χ2n) is 3.39. The summed E-state index contributed by atoms with van der Waals surface area (Å²) in [5, 5.41) is 3.02. The lowest BCUT2D eigenvalue weighted by atomic mass is 10.2. The van der Waals surface area contributed by atoms with Gasteiger partial charge in [-0.2, -0.15) is 0 Å². The Morgan fingerprint density at radius 3 is 2.77 bits per heavy atom. The van der Waals surface area contributed by atoms with Gasteiger partial charge in [0.2, 0.25) is 0 Å². The number of hydrogen-bond acceptors (Lipinski definition) is 2. The largest absolute Gasteiger partial charge is 0.385 e. The molecular weight excluding hydrogens is 166 g/mol. The van der Waals surface area contributed by atoms with Crippen LogP contribution in [0.5, 0.6) is 0 Å². The predicted octanol–water partition coefficient (Wildman–Crippen LogP) is 0.583. The van der Waals surface area contributed by atoms with Gasteiger partial charge < -0.3 is 15.8 Å². The first-order valence-electron chi connectivity index (χ1n) is 4.69. The molecule has 0 amide bonds. The van der Waals surface area contributed by atoms with Gasteiger partial charge in [0.25, 0.3) is 0 Å². The minimum Gasteiger partial charge on any atom is -0.385 e. The maximum Gasteiger partial charge on any atom is 0.188 e. The molecule has 0 saturated carbocycles. The maximum atomic E-state index is 5.60. The monoisotopic (exact) mass is 187 g/mol. The maximum absolute atomic E-state index is 5.60. The SMILES string of the molecule is COCCCNC(N)=NCC(C)C. The first kappa shape index (κ1) is 12.2. The molecule has 0 rings (SSSR count). The Morgan fingerprint density at radius 1 is 1.54 bits per heavy atom. The molecule has 4 nitrogen and oxygen atoms in total. The van der Waals surface area contributed by atoms with E-state index in [2.05, 4.69) is 24.2 Å². The molecule has 0 fully saturated rings. The molecule has 0 heterocycles. The van der Waals surface area contributed by atoms with Crippen LogP contribution in [0.4, 0.5) is 0 Å². The summed E-state index contributed by atoms with van der Waals surface area (Å²) in [6.45, 7) is 6.58. The molecule has 0 spiro atoms. The van der Waals surface area contributed by atoms with Gasteiger partial charge in [-0.1, -0.05) is 13.8 Å². The van der Waals surface area contributed by atoms with E-state index < -0.39 is 0 Å². The second-order valence-corrected chi connectivity index (χ2v) is 3.39. The van der Waals surface area contributed by atoms with Crippen LogP contribution < -0.4 is 11.1 Å². The molecule has 0 aromatic rings. The molecule has 0 aromatic heterocycles. The fourth-order valence-electron chi connectivity index (χ4n) is 0.770. The molecule has 0 aromatic carbocycles. The van der Waals surface area contributed by atoms with E-state index >= 15 is 0 Å². The van der Waals surface area contributed by atoms with Crippen LogP contribution in [0.1, 0.15) is 20.3 Å². The molecular formula is C9H21N3O. The average molecular weight is 187 g/mol. The normalized spacial score (nSPS) is 12.2. The van der Waals surface area contributed by atoms with Crippen LogP contribution in [-0.2, 0) is 4.74 Å². The Labute approximate surface area is 80.6 Å². The van der Waals surface area contributed by atoms with Gasteiger partial charge in [0, 0.05) is 26.8 Å². The molecule has 0 unspecified atom stereocenters. The summed E-state index contributed by atoms with van der Waals surface area (Å²) in [6.07, 6.45) is 0.953. The van der Waals surface area contributed by atoms with E-state index in [1.165, 1.54) is 0 Å². The van der Waals surface area contributed by atoms with Gasteiger partial charge in [0.15, 0.2) is 5.96 Å². The molecule has 0 bridgehead atoms.